The van der Waals surface area contributed by atoms with Crippen molar-refractivity contribution in [3.05, 3.63) is 11.8 Å². The minimum absolute atomic E-state index is 0. The molecule has 1 N–H and O–H groups in total. The Labute approximate surface area is 112 Å². The van der Waals surface area contributed by atoms with Crippen molar-refractivity contribution in [1.29, 1.82) is 0 Å². The Bertz CT molecular complexity index is 263. The Morgan fingerprint density at radius 3 is 2.13 bits per heavy atom. The third-order valence-electron chi connectivity index (χ3n) is 1.49. The Morgan fingerprint density at radius 2 is 1.80 bits per heavy atom. The summed E-state index contributed by atoms with van der Waals surface area (Å²) in [5.74, 6) is -1.83. The second kappa shape index (κ2) is 7.04. The number of aliphatic hydroxyl groups is 1. The van der Waals surface area contributed by atoms with Crippen LogP contribution >= 0.6 is 0 Å². The molecule has 0 aliphatic heterocycles. The summed E-state index contributed by atoms with van der Waals surface area (Å²) in [5, 5.41) is 9.15. The number of hydrogen-bond acceptors (Lipinski definition) is 4. The molecule has 0 atom stereocenters. The fraction of sp³-hybridized carbons (Fsp3) is 0.600. The average Bonchev–Trinajstić information content (AvgIpc) is 2.02. The van der Waals surface area contributed by atoms with Crippen molar-refractivity contribution in [3.8, 4) is 0 Å². The standard InChI is InChI=1S/C10H16O4.Na/c1-5-14-9(13)7(11)6-8(12)10(2,3)4;/h6,11H,5H2,1-4H3;/b7-6-;. The van der Waals surface area contributed by atoms with Crippen molar-refractivity contribution in [2.75, 3.05) is 6.61 Å². The number of rotatable bonds is 3. The van der Waals surface area contributed by atoms with Crippen molar-refractivity contribution < 1.29 is 19.4 Å². The topological polar surface area (TPSA) is 63.6 Å². The molecule has 81 valence electrons. The first-order chi connectivity index (χ1) is 6.29. The van der Waals surface area contributed by atoms with Crippen molar-refractivity contribution in [2.24, 2.45) is 5.41 Å². The maximum atomic E-state index is 11.3. The zero-order chi connectivity index (χ0) is 11.4. The first kappa shape index (κ1) is 17.1. The monoisotopic (exact) mass is 223 g/mol. The van der Waals surface area contributed by atoms with Gasteiger partial charge in [-0.1, -0.05) is 20.8 Å². The second-order valence-corrected chi connectivity index (χ2v) is 3.86. The summed E-state index contributed by atoms with van der Waals surface area (Å²) in [6.45, 7) is 6.88. The molecule has 0 aromatic heterocycles. The van der Waals surface area contributed by atoms with Gasteiger partial charge in [0.2, 0.25) is 5.76 Å². The van der Waals surface area contributed by atoms with Crippen LogP contribution in [0.2, 0.25) is 0 Å². The number of carbonyl (C=O) groups excluding carboxylic acids is 2. The van der Waals surface area contributed by atoms with E-state index in [0.29, 0.717) is 0 Å². The van der Waals surface area contributed by atoms with E-state index in [1.807, 2.05) is 0 Å². The van der Waals surface area contributed by atoms with Crippen LogP contribution in [0.4, 0.5) is 0 Å². The molecule has 0 aromatic carbocycles. The minimum atomic E-state index is -0.870. The summed E-state index contributed by atoms with van der Waals surface area (Å²) in [6, 6.07) is 0. The Balaban J connectivity index is 0. The van der Waals surface area contributed by atoms with Gasteiger partial charge in [-0.15, -0.1) is 0 Å². The van der Waals surface area contributed by atoms with Crippen LogP contribution in [0.25, 0.3) is 0 Å². The van der Waals surface area contributed by atoms with E-state index >= 15 is 0 Å². The summed E-state index contributed by atoms with van der Waals surface area (Å²) in [4.78, 5) is 22.3. The molecule has 0 amide bonds. The molecule has 0 aromatic rings. The molecule has 0 bridgehead atoms. The SMILES string of the molecule is CCOC(=O)/C(O)=C/C(=O)C(C)(C)C.[Na]. The fourth-order valence-electron chi connectivity index (χ4n) is 0.605. The molecular weight excluding hydrogens is 207 g/mol. The molecule has 0 heterocycles. The second-order valence-electron chi connectivity index (χ2n) is 3.86. The van der Waals surface area contributed by atoms with Gasteiger partial charge in [0.25, 0.3) is 0 Å². The molecule has 0 fully saturated rings. The molecule has 5 heteroatoms. The number of esters is 1. The predicted molar refractivity (Wildman–Crippen MR) is 57.6 cm³/mol. The zero-order valence-corrected chi connectivity index (χ0v) is 12.0. The van der Waals surface area contributed by atoms with Crippen LogP contribution in [0.5, 0.6) is 0 Å². The number of allylic oxidation sites excluding steroid dienone is 1. The fourth-order valence-corrected chi connectivity index (χ4v) is 0.605. The van der Waals surface area contributed by atoms with Gasteiger partial charge in [-0.25, -0.2) is 4.79 Å². The normalized spacial score (nSPS) is 11.6. The van der Waals surface area contributed by atoms with Gasteiger partial charge in [-0.2, -0.15) is 0 Å². The maximum Gasteiger partial charge on any atom is 0.373 e. The van der Waals surface area contributed by atoms with E-state index in [9.17, 15) is 9.59 Å². The molecule has 15 heavy (non-hydrogen) atoms. The van der Waals surface area contributed by atoms with Gasteiger partial charge in [0.15, 0.2) is 5.78 Å². The van der Waals surface area contributed by atoms with E-state index in [-0.39, 0.29) is 41.9 Å². The molecule has 0 rings (SSSR count). The van der Waals surface area contributed by atoms with Gasteiger partial charge in [0.05, 0.1) is 6.61 Å². The molecule has 0 saturated heterocycles. The summed E-state index contributed by atoms with van der Waals surface area (Å²) in [5.41, 5.74) is -0.611. The molecule has 0 unspecified atom stereocenters. The van der Waals surface area contributed by atoms with Crippen LogP contribution in [-0.2, 0) is 14.3 Å². The molecule has 4 nitrogen and oxygen atoms in total. The Hall–Kier alpha value is -0.320. The maximum absolute atomic E-state index is 11.3. The van der Waals surface area contributed by atoms with Gasteiger partial charge < -0.3 is 9.84 Å². The van der Waals surface area contributed by atoms with Gasteiger partial charge in [-0.05, 0) is 6.92 Å². The van der Waals surface area contributed by atoms with E-state index in [2.05, 4.69) is 4.74 Å². The van der Waals surface area contributed by atoms with Gasteiger partial charge in [-0.3, -0.25) is 4.79 Å². The van der Waals surface area contributed by atoms with E-state index in [1.165, 1.54) is 0 Å². The summed E-state index contributed by atoms with van der Waals surface area (Å²) in [6.07, 6.45) is 0.901. The van der Waals surface area contributed by atoms with Crippen molar-refractivity contribution in [3.63, 3.8) is 0 Å². The number of aliphatic hydroxyl groups excluding tert-OH is 1. The average molecular weight is 223 g/mol. The van der Waals surface area contributed by atoms with Crippen molar-refractivity contribution in [2.45, 2.75) is 27.7 Å². The summed E-state index contributed by atoms with van der Waals surface area (Å²) in [7, 11) is 0. The van der Waals surface area contributed by atoms with Crippen LogP contribution < -0.4 is 0 Å². The van der Waals surface area contributed by atoms with Crippen LogP contribution in [-0.4, -0.2) is 53.0 Å². The van der Waals surface area contributed by atoms with E-state index < -0.39 is 17.1 Å². The van der Waals surface area contributed by atoms with Crippen LogP contribution in [0, 0.1) is 5.41 Å². The molecule has 0 spiro atoms. The molecular formula is C10H16NaO4. The van der Waals surface area contributed by atoms with Crippen LogP contribution in [0.15, 0.2) is 11.8 Å². The Kier molecular flexibility index (Phi) is 8.02. The zero-order valence-electron chi connectivity index (χ0n) is 9.96. The molecule has 1 radical (unpaired) electrons. The van der Waals surface area contributed by atoms with Crippen molar-refractivity contribution in [1.82, 2.24) is 0 Å². The number of hydrogen-bond donors (Lipinski definition) is 1. The number of ketones is 1. The molecule has 0 aliphatic carbocycles. The van der Waals surface area contributed by atoms with Crippen LogP contribution in [0.1, 0.15) is 27.7 Å². The third-order valence-corrected chi connectivity index (χ3v) is 1.49. The molecule has 0 saturated carbocycles. The van der Waals surface area contributed by atoms with E-state index in [1.54, 1.807) is 27.7 Å². The minimum Gasteiger partial charge on any atom is -0.502 e. The van der Waals surface area contributed by atoms with Crippen LogP contribution in [0.3, 0.4) is 0 Å². The largest absolute Gasteiger partial charge is 0.502 e. The number of carbonyl (C=O) groups is 2. The first-order valence-electron chi connectivity index (χ1n) is 4.41. The first-order valence-corrected chi connectivity index (χ1v) is 4.41. The Morgan fingerprint density at radius 1 is 1.33 bits per heavy atom. The number of ether oxygens (including phenoxy) is 1. The van der Waals surface area contributed by atoms with Gasteiger partial charge >= 0.3 is 5.97 Å². The predicted octanol–water partition coefficient (Wildman–Crippen LogP) is 1.23. The van der Waals surface area contributed by atoms with E-state index in [0.717, 1.165) is 6.08 Å². The third kappa shape index (κ3) is 6.71. The van der Waals surface area contributed by atoms with Crippen molar-refractivity contribution >= 4 is 41.3 Å². The van der Waals surface area contributed by atoms with Gasteiger partial charge in [0, 0.05) is 41.0 Å². The quantitative estimate of drug-likeness (QED) is 0.338. The summed E-state index contributed by atoms with van der Waals surface area (Å²) < 4.78 is 4.51. The van der Waals surface area contributed by atoms with E-state index in [4.69, 9.17) is 5.11 Å². The summed E-state index contributed by atoms with van der Waals surface area (Å²) >= 11 is 0. The molecule has 0 aliphatic rings. The van der Waals surface area contributed by atoms with Gasteiger partial charge in [0.1, 0.15) is 0 Å². The smallest absolute Gasteiger partial charge is 0.373 e.